The molecular formula is C19H19BN6O4. The highest BCUT2D eigenvalue weighted by molar-refractivity contribution is 6.58. The van der Waals surface area contributed by atoms with Crippen LogP contribution in [0.5, 0.6) is 11.9 Å². The molecule has 0 unspecified atom stereocenters. The van der Waals surface area contributed by atoms with Gasteiger partial charge >= 0.3 is 13.1 Å². The van der Waals surface area contributed by atoms with Crippen LogP contribution in [-0.2, 0) is 6.54 Å². The van der Waals surface area contributed by atoms with Crippen molar-refractivity contribution in [1.29, 1.82) is 0 Å². The van der Waals surface area contributed by atoms with Crippen LogP contribution in [0.1, 0.15) is 5.56 Å². The largest absolute Gasteiger partial charge is 0.488 e. The van der Waals surface area contributed by atoms with Crippen LogP contribution in [0, 0.1) is 0 Å². The van der Waals surface area contributed by atoms with Gasteiger partial charge in [-0.1, -0.05) is 36.4 Å². The second-order valence-electron chi connectivity index (χ2n) is 6.36. The summed E-state index contributed by atoms with van der Waals surface area (Å²) in [5.41, 5.74) is 2.74. The molecule has 152 valence electrons. The SMILES string of the molecule is COc1nnc(-n2c(OC)nc3ccccc32)nc1NCc1cccc(B(O)O)c1. The lowest BCUT2D eigenvalue weighted by molar-refractivity contribution is 0.371. The van der Waals surface area contributed by atoms with Gasteiger partial charge in [-0.15, -0.1) is 10.2 Å². The lowest BCUT2D eigenvalue weighted by Gasteiger charge is -2.12. The summed E-state index contributed by atoms with van der Waals surface area (Å²) in [6.07, 6.45) is 0. The first-order valence-corrected chi connectivity index (χ1v) is 9.10. The first-order chi connectivity index (χ1) is 14.6. The summed E-state index contributed by atoms with van der Waals surface area (Å²) in [7, 11) is 1.47. The van der Waals surface area contributed by atoms with Crippen LogP contribution in [0.2, 0.25) is 0 Å². The summed E-state index contributed by atoms with van der Waals surface area (Å²) in [4.78, 5) is 8.99. The maximum Gasteiger partial charge on any atom is 0.488 e. The summed E-state index contributed by atoms with van der Waals surface area (Å²) in [6, 6.07) is 14.8. The Balaban J connectivity index is 1.69. The molecule has 11 heteroatoms. The number of hydrogen-bond acceptors (Lipinski definition) is 9. The number of nitrogens with zero attached hydrogens (tertiary/aromatic N) is 5. The number of anilines is 1. The molecule has 0 spiro atoms. The van der Waals surface area contributed by atoms with Crippen molar-refractivity contribution in [3.05, 3.63) is 54.1 Å². The van der Waals surface area contributed by atoms with Crippen molar-refractivity contribution in [1.82, 2.24) is 24.7 Å². The van der Waals surface area contributed by atoms with Crippen molar-refractivity contribution in [3.63, 3.8) is 0 Å². The molecule has 3 N–H and O–H groups in total. The third-order valence-corrected chi connectivity index (χ3v) is 4.46. The van der Waals surface area contributed by atoms with Crippen molar-refractivity contribution >= 4 is 29.4 Å². The second kappa shape index (κ2) is 8.35. The van der Waals surface area contributed by atoms with Crippen molar-refractivity contribution in [2.75, 3.05) is 19.5 Å². The number of rotatable bonds is 7. The van der Waals surface area contributed by atoms with E-state index in [0.717, 1.165) is 16.6 Å². The number of para-hydroxylation sites is 2. The van der Waals surface area contributed by atoms with E-state index >= 15 is 0 Å². The molecule has 0 aliphatic carbocycles. The van der Waals surface area contributed by atoms with Crippen molar-refractivity contribution in [3.8, 4) is 17.8 Å². The Morgan fingerprint density at radius 1 is 1.00 bits per heavy atom. The van der Waals surface area contributed by atoms with Gasteiger partial charge in [0, 0.05) is 6.54 Å². The molecular weight excluding hydrogens is 387 g/mol. The summed E-state index contributed by atoms with van der Waals surface area (Å²) in [5, 5.41) is 30.1. The molecule has 2 aromatic heterocycles. The topological polar surface area (TPSA) is 127 Å². The Kier molecular flexibility index (Phi) is 5.46. The zero-order chi connectivity index (χ0) is 21.1. The smallest absolute Gasteiger partial charge is 0.477 e. The minimum absolute atomic E-state index is 0.223. The Hall–Kier alpha value is -3.70. The average molecular weight is 406 g/mol. The fourth-order valence-electron chi connectivity index (χ4n) is 3.04. The van der Waals surface area contributed by atoms with Crippen molar-refractivity contribution < 1.29 is 19.5 Å². The zero-order valence-corrected chi connectivity index (χ0v) is 16.4. The van der Waals surface area contributed by atoms with Gasteiger partial charge in [0.2, 0.25) is 0 Å². The van der Waals surface area contributed by atoms with E-state index in [0.29, 0.717) is 23.8 Å². The molecule has 0 aliphatic rings. The van der Waals surface area contributed by atoms with E-state index in [1.165, 1.54) is 14.2 Å². The molecule has 0 amide bonds. The molecule has 10 nitrogen and oxygen atoms in total. The van der Waals surface area contributed by atoms with Crippen LogP contribution in [0.15, 0.2) is 48.5 Å². The summed E-state index contributed by atoms with van der Waals surface area (Å²) in [5.74, 6) is 0.862. The van der Waals surface area contributed by atoms with Crippen LogP contribution in [0.4, 0.5) is 5.82 Å². The fourth-order valence-corrected chi connectivity index (χ4v) is 3.04. The predicted octanol–water partition coefficient (Wildman–Crippen LogP) is 0.520. The Morgan fingerprint density at radius 2 is 1.83 bits per heavy atom. The fraction of sp³-hybridized carbons (Fsp3) is 0.158. The first-order valence-electron chi connectivity index (χ1n) is 9.10. The maximum atomic E-state index is 9.36. The Labute approximate surface area is 172 Å². The molecule has 0 saturated carbocycles. The number of nitrogens with one attached hydrogen (secondary N) is 1. The number of fused-ring (bicyclic) bond motifs is 1. The number of hydrogen-bond donors (Lipinski definition) is 3. The van der Waals surface area contributed by atoms with Gasteiger partial charge in [0.1, 0.15) is 0 Å². The van der Waals surface area contributed by atoms with Gasteiger partial charge in [0.15, 0.2) is 5.82 Å². The molecule has 0 bridgehead atoms. The summed E-state index contributed by atoms with van der Waals surface area (Å²) < 4.78 is 12.3. The lowest BCUT2D eigenvalue weighted by atomic mass is 9.80. The molecule has 0 saturated heterocycles. The summed E-state index contributed by atoms with van der Waals surface area (Å²) in [6.45, 7) is 0.358. The monoisotopic (exact) mass is 406 g/mol. The van der Waals surface area contributed by atoms with E-state index in [1.54, 1.807) is 22.8 Å². The summed E-state index contributed by atoms with van der Waals surface area (Å²) >= 11 is 0. The molecule has 0 fully saturated rings. The third-order valence-electron chi connectivity index (χ3n) is 4.46. The van der Waals surface area contributed by atoms with E-state index in [2.05, 4.69) is 25.5 Å². The quantitative estimate of drug-likeness (QED) is 0.377. The van der Waals surface area contributed by atoms with E-state index in [4.69, 9.17) is 9.47 Å². The van der Waals surface area contributed by atoms with E-state index < -0.39 is 7.12 Å². The second-order valence-corrected chi connectivity index (χ2v) is 6.36. The molecule has 30 heavy (non-hydrogen) atoms. The number of methoxy groups -OCH3 is 2. The van der Waals surface area contributed by atoms with Crippen molar-refractivity contribution in [2.24, 2.45) is 0 Å². The highest BCUT2D eigenvalue weighted by atomic mass is 16.5. The van der Waals surface area contributed by atoms with Crippen LogP contribution in [0.25, 0.3) is 17.0 Å². The van der Waals surface area contributed by atoms with Gasteiger partial charge in [0.05, 0.1) is 25.3 Å². The normalized spacial score (nSPS) is 10.8. The van der Waals surface area contributed by atoms with Crippen LogP contribution >= 0.6 is 0 Å². The molecule has 0 radical (unpaired) electrons. The lowest BCUT2D eigenvalue weighted by Crippen LogP contribution is -2.30. The zero-order valence-electron chi connectivity index (χ0n) is 16.4. The van der Waals surface area contributed by atoms with E-state index in [1.807, 2.05) is 30.3 Å². The van der Waals surface area contributed by atoms with Crippen LogP contribution in [-0.4, -0.2) is 56.1 Å². The van der Waals surface area contributed by atoms with Crippen LogP contribution in [0.3, 0.4) is 0 Å². The predicted molar refractivity (Wildman–Crippen MR) is 111 cm³/mol. The first kappa shape index (κ1) is 19.6. The van der Waals surface area contributed by atoms with E-state index in [-0.39, 0.29) is 11.8 Å². The molecule has 0 atom stereocenters. The van der Waals surface area contributed by atoms with Crippen LogP contribution < -0.4 is 20.3 Å². The number of imidazole rings is 1. The van der Waals surface area contributed by atoms with Gasteiger partial charge < -0.3 is 24.8 Å². The minimum atomic E-state index is -1.53. The standard InChI is InChI=1S/C19H19BN6O4/c1-29-17-16(21-11-12-6-5-7-13(10-12)20(27)28)23-18(25-24-17)26-15-9-4-3-8-14(15)22-19(26)30-2/h3-10,27-28H,11H2,1-2H3,(H,21,23,25). The molecule has 4 rings (SSSR count). The minimum Gasteiger partial charge on any atom is -0.477 e. The van der Waals surface area contributed by atoms with Gasteiger partial charge in [-0.25, -0.2) is 4.57 Å². The van der Waals surface area contributed by atoms with Crippen molar-refractivity contribution in [2.45, 2.75) is 6.54 Å². The highest BCUT2D eigenvalue weighted by Crippen LogP contribution is 2.26. The number of ether oxygens (including phenoxy) is 2. The molecule has 0 aliphatic heterocycles. The average Bonchev–Trinajstić information content (AvgIpc) is 3.16. The highest BCUT2D eigenvalue weighted by Gasteiger charge is 2.18. The van der Waals surface area contributed by atoms with E-state index in [9.17, 15) is 10.0 Å². The molecule has 2 heterocycles. The maximum absolute atomic E-state index is 9.36. The number of benzene rings is 2. The Morgan fingerprint density at radius 3 is 2.60 bits per heavy atom. The van der Waals surface area contributed by atoms with Gasteiger partial charge in [-0.2, -0.15) is 9.97 Å². The molecule has 2 aromatic carbocycles. The molecule has 4 aromatic rings. The van der Waals surface area contributed by atoms with Gasteiger partial charge in [-0.05, 0) is 23.2 Å². The van der Waals surface area contributed by atoms with Gasteiger partial charge in [-0.3, -0.25) is 0 Å². The Bertz CT molecular complexity index is 1180. The van der Waals surface area contributed by atoms with Gasteiger partial charge in [0.25, 0.3) is 11.8 Å². The third kappa shape index (κ3) is 3.75. The number of aromatic nitrogens is 5.